The summed E-state index contributed by atoms with van der Waals surface area (Å²) in [4.78, 5) is 31.1. The van der Waals surface area contributed by atoms with Gasteiger partial charge in [0.2, 0.25) is 12.2 Å². The quantitative estimate of drug-likeness (QED) is 0.778. The third-order valence-corrected chi connectivity index (χ3v) is 3.97. The molecule has 0 radical (unpaired) electrons. The van der Waals surface area contributed by atoms with Gasteiger partial charge >= 0.3 is 11.8 Å². The van der Waals surface area contributed by atoms with Crippen molar-refractivity contribution >= 4 is 23.7 Å². The Morgan fingerprint density at radius 1 is 1.35 bits per heavy atom. The van der Waals surface area contributed by atoms with E-state index in [1.54, 1.807) is 9.80 Å². The predicted molar refractivity (Wildman–Crippen MR) is 71.2 cm³/mol. The van der Waals surface area contributed by atoms with Crippen LogP contribution in [0.1, 0.15) is 10.7 Å². The van der Waals surface area contributed by atoms with E-state index in [2.05, 4.69) is 10.1 Å². The second kappa shape index (κ2) is 5.41. The summed E-state index contributed by atoms with van der Waals surface area (Å²) < 4.78 is 5.03. The molecule has 0 atom stereocenters. The summed E-state index contributed by atoms with van der Waals surface area (Å²) in [5, 5.41) is 5.72. The first kappa shape index (κ1) is 12.8. The second-order valence-electron chi connectivity index (χ2n) is 4.33. The number of hydrogen-bond acceptors (Lipinski definition) is 6. The van der Waals surface area contributed by atoms with Crippen LogP contribution in [0.5, 0.6) is 0 Å². The van der Waals surface area contributed by atoms with Crippen LogP contribution in [-0.2, 0) is 4.79 Å². The van der Waals surface area contributed by atoms with Crippen LogP contribution in [0, 0.1) is 0 Å². The minimum atomic E-state index is -0.286. The van der Waals surface area contributed by atoms with Crippen molar-refractivity contribution in [1.82, 2.24) is 19.9 Å². The Balaban J connectivity index is 1.70. The number of piperazine rings is 1. The molecule has 8 heteroatoms. The molecule has 0 aliphatic carbocycles. The van der Waals surface area contributed by atoms with Crippen molar-refractivity contribution in [2.75, 3.05) is 26.2 Å². The first-order valence-corrected chi connectivity index (χ1v) is 7.02. The zero-order valence-corrected chi connectivity index (χ0v) is 11.4. The van der Waals surface area contributed by atoms with Gasteiger partial charge in [-0.05, 0) is 11.4 Å². The number of nitrogens with zero attached hydrogens (tertiary/aromatic N) is 4. The molecule has 0 unspecified atom stereocenters. The van der Waals surface area contributed by atoms with E-state index in [1.807, 2.05) is 17.5 Å². The third-order valence-electron chi connectivity index (χ3n) is 3.10. The normalized spacial score (nSPS) is 15.4. The number of carbonyl (C=O) groups excluding carboxylic acids is 2. The number of carbonyl (C=O) groups is 2. The van der Waals surface area contributed by atoms with E-state index in [1.165, 1.54) is 11.3 Å². The molecule has 2 aromatic heterocycles. The lowest BCUT2D eigenvalue weighted by atomic mass is 10.3. The Hall–Kier alpha value is -2.22. The number of rotatable bonds is 3. The van der Waals surface area contributed by atoms with Crippen LogP contribution in [-0.4, -0.2) is 58.4 Å². The Kier molecular flexibility index (Phi) is 3.46. The zero-order valence-electron chi connectivity index (χ0n) is 10.6. The van der Waals surface area contributed by atoms with E-state index >= 15 is 0 Å². The van der Waals surface area contributed by atoms with Gasteiger partial charge in [0.05, 0.1) is 4.88 Å². The van der Waals surface area contributed by atoms with E-state index < -0.39 is 0 Å². The van der Waals surface area contributed by atoms with Crippen LogP contribution in [0.15, 0.2) is 22.0 Å². The maximum Gasteiger partial charge on any atom is 0.316 e. The fourth-order valence-corrected chi connectivity index (χ4v) is 2.63. The largest absolute Gasteiger partial charge is 0.342 e. The van der Waals surface area contributed by atoms with Gasteiger partial charge in [-0.3, -0.25) is 9.59 Å². The lowest BCUT2D eigenvalue weighted by molar-refractivity contribution is -0.119. The minimum absolute atomic E-state index is 0.00652. The number of amides is 2. The molecule has 0 spiro atoms. The SMILES string of the molecule is O=CN1CCN(C(=O)c2nc(-c3cccs3)no2)CC1. The maximum absolute atomic E-state index is 12.2. The van der Waals surface area contributed by atoms with Crippen LogP contribution >= 0.6 is 11.3 Å². The molecular weight excluding hydrogens is 280 g/mol. The summed E-state index contributed by atoms with van der Waals surface area (Å²) >= 11 is 1.48. The highest BCUT2D eigenvalue weighted by Gasteiger charge is 2.26. The van der Waals surface area contributed by atoms with Crippen LogP contribution in [0.4, 0.5) is 0 Å². The van der Waals surface area contributed by atoms with Crippen molar-refractivity contribution in [3.05, 3.63) is 23.4 Å². The average Bonchev–Trinajstić information content (AvgIpc) is 3.17. The van der Waals surface area contributed by atoms with Crippen molar-refractivity contribution in [2.45, 2.75) is 0 Å². The van der Waals surface area contributed by atoms with E-state index in [9.17, 15) is 9.59 Å². The number of hydrogen-bond donors (Lipinski definition) is 0. The molecule has 1 fully saturated rings. The van der Waals surface area contributed by atoms with Crippen molar-refractivity contribution in [1.29, 1.82) is 0 Å². The van der Waals surface area contributed by atoms with E-state index in [4.69, 9.17) is 4.52 Å². The molecule has 3 heterocycles. The fraction of sp³-hybridized carbons (Fsp3) is 0.333. The number of aromatic nitrogens is 2. The van der Waals surface area contributed by atoms with Gasteiger partial charge < -0.3 is 14.3 Å². The van der Waals surface area contributed by atoms with Gasteiger partial charge in [-0.25, -0.2) is 0 Å². The Bertz CT molecular complexity index is 602. The van der Waals surface area contributed by atoms with E-state index in [0.717, 1.165) is 11.3 Å². The van der Waals surface area contributed by atoms with Gasteiger partial charge in [0.15, 0.2) is 0 Å². The second-order valence-corrected chi connectivity index (χ2v) is 5.28. The van der Waals surface area contributed by atoms with Crippen LogP contribution in [0.2, 0.25) is 0 Å². The van der Waals surface area contributed by atoms with Gasteiger partial charge in [-0.1, -0.05) is 11.2 Å². The van der Waals surface area contributed by atoms with E-state index in [0.29, 0.717) is 32.0 Å². The highest BCUT2D eigenvalue weighted by atomic mass is 32.1. The topological polar surface area (TPSA) is 79.5 Å². The maximum atomic E-state index is 12.2. The van der Waals surface area contributed by atoms with Crippen molar-refractivity contribution in [2.24, 2.45) is 0 Å². The van der Waals surface area contributed by atoms with E-state index in [-0.39, 0.29) is 11.8 Å². The number of thiophene rings is 1. The van der Waals surface area contributed by atoms with Crippen LogP contribution in [0.3, 0.4) is 0 Å². The van der Waals surface area contributed by atoms with Crippen molar-refractivity contribution < 1.29 is 14.1 Å². The molecule has 1 aliphatic heterocycles. The predicted octanol–water partition coefficient (Wildman–Crippen LogP) is 0.712. The summed E-state index contributed by atoms with van der Waals surface area (Å²) in [6.45, 7) is 2.02. The molecule has 1 aliphatic rings. The first-order chi connectivity index (χ1) is 9.78. The summed E-state index contributed by atoms with van der Waals surface area (Å²) in [7, 11) is 0. The highest BCUT2D eigenvalue weighted by Crippen LogP contribution is 2.21. The molecule has 0 N–H and O–H groups in total. The molecule has 1 saturated heterocycles. The van der Waals surface area contributed by atoms with Gasteiger partial charge in [-0.2, -0.15) is 4.98 Å². The summed E-state index contributed by atoms with van der Waals surface area (Å²) in [5.74, 6) is 0.133. The van der Waals surface area contributed by atoms with Crippen LogP contribution < -0.4 is 0 Å². The molecule has 0 aromatic carbocycles. The summed E-state index contributed by atoms with van der Waals surface area (Å²) in [6, 6.07) is 3.75. The molecular formula is C12H12N4O3S. The fourth-order valence-electron chi connectivity index (χ4n) is 1.98. The monoisotopic (exact) mass is 292 g/mol. The summed E-state index contributed by atoms with van der Waals surface area (Å²) in [6.07, 6.45) is 0.795. The molecule has 0 bridgehead atoms. The molecule has 2 aromatic rings. The van der Waals surface area contributed by atoms with Gasteiger partial charge in [0.25, 0.3) is 0 Å². The third kappa shape index (κ3) is 2.42. The van der Waals surface area contributed by atoms with Crippen molar-refractivity contribution in [3.8, 4) is 10.7 Å². The lowest BCUT2D eigenvalue weighted by Crippen LogP contribution is -2.48. The Morgan fingerprint density at radius 3 is 2.80 bits per heavy atom. The Morgan fingerprint density at radius 2 is 2.15 bits per heavy atom. The lowest BCUT2D eigenvalue weighted by Gasteiger charge is -2.31. The smallest absolute Gasteiger partial charge is 0.316 e. The van der Waals surface area contributed by atoms with Gasteiger partial charge in [0.1, 0.15) is 0 Å². The molecule has 20 heavy (non-hydrogen) atoms. The zero-order chi connectivity index (χ0) is 13.9. The first-order valence-electron chi connectivity index (χ1n) is 6.14. The highest BCUT2D eigenvalue weighted by molar-refractivity contribution is 7.13. The van der Waals surface area contributed by atoms with Gasteiger partial charge in [0, 0.05) is 26.2 Å². The summed E-state index contributed by atoms with van der Waals surface area (Å²) in [5.41, 5.74) is 0. The molecule has 2 amide bonds. The standard InChI is InChI=1S/C12H12N4O3S/c17-8-15-3-5-16(6-4-15)12(18)11-13-10(14-19-11)9-2-1-7-20-9/h1-2,7-8H,3-6H2. The molecule has 104 valence electrons. The average molecular weight is 292 g/mol. The molecule has 0 saturated carbocycles. The molecule has 3 rings (SSSR count). The van der Waals surface area contributed by atoms with Gasteiger partial charge in [-0.15, -0.1) is 11.3 Å². The van der Waals surface area contributed by atoms with Crippen LogP contribution in [0.25, 0.3) is 10.7 Å². The molecule has 7 nitrogen and oxygen atoms in total. The minimum Gasteiger partial charge on any atom is -0.342 e. The van der Waals surface area contributed by atoms with Crippen molar-refractivity contribution in [3.63, 3.8) is 0 Å². The Labute approximate surface area is 118 Å².